The van der Waals surface area contributed by atoms with Crippen LogP contribution in [0.25, 0.3) is 21.7 Å². The van der Waals surface area contributed by atoms with Crippen LogP contribution in [0.2, 0.25) is 0 Å². The fraction of sp³-hybridized carbons (Fsp3) is 0.267. The van der Waals surface area contributed by atoms with Crippen LogP contribution >= 0.6 is 11.3 Å². The van der Waals surface area contributed by atoms with E-state index in [9.17, 15) is 0 Å². The summed E-state index contributed by atoms with van der Waals surface area (Å²) < 4.78 is 5.86. The maximum absolute atomic E-state index is 5.86. The van der Waals surface area contributed by atoms with E-state index in [0.29, 0.717) is 6.04 Å². The van der Waals surface area contributed by atoms with Gasteiger partial charge in [0.15, 0.2) is 10.8 Å². The van der Waals surface area contributed by atoms with Gasteiger partial charge >= 0.3 is 0 Å². The van der Waals surface area contributed by atoms with Crippen molar-refractivity contribution in [2.75, 3.05) is 6.54 Å². The molecule has 96 valence electrons. The van der Waals surface area contributed by atoms with E-state index >= 15 is 0 Å². The van der Waals surface area contributed by atoms with E-state index in [2.05, 4.69) is 22.8 Å². The number of thiazole rings is 1. The Bertz CT molecular complexity index is 677. The van der Waals surface area contributed by atoms with Crippen molar-refractivity contribution in [2.45, 2.75) is 18.9 Å². The summed E-state index contributed by atoms with van der Waals surface area (Å²) in [7, 11) is 0. The van der Waals surface area contributed by atoms with Crippen LogP contribution in [0.5, 0.6) is 0 Å². The van der Waals surface area contributed by atoms with Gasteiger partial charge in [-0.15, -0.1) is 11.3 Å². The first-order chi connectivity index (χ1) is 9.40. The van der Waals surface area contributed by atoms with Gasteiger partial charge < -0.3 is 9.73 Å². The number of hydrogen-bond donors (Lipinski definition) is 1. The number of nitrogens with zero attached hydrogens (tertiary/aromatic N) is 1. The van der Waals surface area contributed by atoms with E-state index < -0.39 is 0 Å². The molecule has 1 aliphatic heterocycles. The van der Waals surface area contributed by atoms with Crippen molar-refractivity contribution in [2.24, 2.45) is 0 Å². The highest BCUT2D eigenvalue weighted by Gasteiger charge is 2.20. The van der Waals surface area contributed by atoms with Crippen LogP contribution in [-0.4, -0.2) is 11.5 Å². The predicted octanol–water partition coefficient (Wildman–Crippen LogP) is 3.98. The summed E-state index contributed by atoms with van der Waals surface area (Å²) in [6, 6.07) is 10.6. The van der Waals surface area contributed by atoms with Gasteiger partial charge in [-0.1, -0.05) is 18.2 Å². The Balaban J connectivity index is 1.71. The van der Waals surface area contributed by atoms with Crippen molar-refractivity contribution in [1.29, 1.82) is 0 Å². The smallest absolute Gasteiger partial charge is 0.164 e. The van der Waals surface area contributed by atoms with Crippen molar-refractivity contribution in [3.63, 3.8) is 0 Å². The molecular formula is C15H14N2OS. The summed E-state index contributed by atoms with van der Waals surface area (Å²) in [5.41, 5.74) is 2.08. The van der Waals surface area contributed by atoms with Gasteiger partial charge in [-0.05, 0) is 31.5 Å². The zero-order chi connectivity index (χ0) is 12.7. The van der Waals surface area contributed by atoms with Crippen LogP contribution in [0.1, 0.15) is 24.6 Å². The Hall–Kier alpha value is -1.65. The lowest BCUT2D eigenvalue weighted by Crippen LogP contribution is -2.12. The van der Waals surface area contributed by atoms with Gasteiger partial charge in [0, 0.05) is 10.8 Å². The van der Waals surface area contributed by atoms with Crippen LogP contribution < -0.4 is 5.32 Å². The van der Waals surface area contributed by atoms with Gasteiger partial charge in [-0.3, -0.25) is 0 Å². The summed E-state index contributed by atoms with van der Waals surface area (Å²) in [6.07, 6.45) is 2.42. The van der Waals surface area contributed by atoms with Gasteiger partial charge in [0.1, 0.15) is 5.58 Å². The summed E-state index contributed by atoms with van der Waals surface area (Å²) in [6.45, 7) is 1.10. The van der Waals surface area contributed by atoms with Gasteiger partial charge in [-0.25, -0.2) is 4.98 Å². The predicted molar refractivity (Wildman–Crippen MR) is 77.3 cm³/mol. The second kappa shape index (κ2) is 4.47. The van der Waals surface area contributed by atoms with Gasteiger partial charge in [0.25, 0.3) is 0 Å². The Morgan fingerprint density at radius 1 is 1.32 bits per heavy atom. The van der Waals surface area contributed by atoms with Crippen LogP contribution in [0.15, 0.2) is 40.1 Å². The fourth-order valence-corrected chi connectivity index (χ4v) is 3.41. The minimum Gasteiger partial charge on any atom is -0.454 e. The summed E-state index contributed by atoms with van der Waals surface area (Å²) in [5, 5.41) is 7.73. The number of rotatable bonds is 2. The second-order valence-electron chi connectivity index (χ2n) is 4.87. The van der Waals surface area contributed by atoms with Crippen molar-refractivity contribution in [3.05, 3.63) is 41.4 Å². The van der Waals surface area contributed by atoms with Crippen LogP contribution in [-0.2, 0) is 0 Å². The molecule has 2 aromatic heterocycles. The highest BCUT2D eigenvalue weighted by molar-refractivity contribution is 7.13. The van der Waals surface area contributed by atoms with E-state index in [4.69, 9.17) is 9.40 Å². The standard InChI is InChI=1S/C15H14N2OS/c1-2-6-13-10(4-1)8-14(18-13)15-17-12(9-19-15)11-5-3-7-16-11/h1-2,4,6,8-9,11,16H,3,5,7H2. The number of benzene rings is 1. The molecule has 1 atom stereocenters. The first kappa shape index (κ1) is 11.2. The van der Waals surface area contributed by atoms with Gasteiger partial charge in [0.05, 0.1) is 11.7 Å². The van der Waals surface area contributed by atoms with Crippen LogP contribution in [0, 0.1) is 0 Å². The Morgan fingerprint density at radius 3 is 3.11 bits per heavy atom. The minimum absolute atomic E-state index is 0.425. The molecular weight excluding hydrogens is 256 g/mol. The first-order valence-electron chi connectivity index (χ1n) is 6.58. The lowest BCUT2D eigenvalue weighted by atomic mass is 10.2. The molecule has 0 bridgehead atoms. The van der Waals surface area contributed by atoms with E-state index in [1.807, 2.05) is 18.2 Å². The lowest BCUT2D eigenvalue weighted by molar-refractivity contribution is 0.620. The summed E-state index contributed by atoms with van der Waals surface area (Å²) in [4.78, 5) is 4.72. The van der Waals surface area contributed by atoms with Gasteiger partial charge in [-0.2, -0.15) is 0 Å². The Kier molecular flexibility index (Phi) is 2.64. The summed E-state index contributed by atoms with van der Waals surface area (Å²) in [5.74, 6) is 0.871. The van der Waals surface area contributed by atoms with Crippen LogP contribution in [0.3, 0.4) is 0 Å². The minimum atomic E-state index is 0.425. The third kappa shape index (κ3) is 1.97. The van der Waals surface area contributed by atoms with E-state index in [1.165, 1.54) is 12.8 Å². The van der Waals surface area contributed by atoms with Crippen LogP contribution in [0.4, 0.5) is 0 Å². The molecule has 19 heavy (non-hydrogen) atoms. The highest BCUT2D eigenvalue weighted by atomic mass is 32.1. The first-order valence-corrected chi connectivity index (χ1v) is 7.46. The molecule has 1 fully saturated rings. The molecule has 0 saturated carbocycles. The fourth-order valence-electron chi connectivity index (χ4n) is 2.58. The molecule has 1 N–H and O–H groups in total. The molecule has 1 aliphatic rings. The van der Waals surface area contributed by atoms with Crippen molar-refractivity contribution in [1.82, 2.24) is 10.3 Å². The molecule has 1 saturated heterocycles. The highest BCUT2D eigenvalue weighted by Crippen LogP contribution is 2.32. The third-order valence-corrected chi connectivity index (χ3v) is 4.45. The normalized spacial score (nSPS) is 19.3. The second-order valence-corrected chi connectivity index (χ2v) is 5.73. The van der Waals surface area contributed by atoms with Gasteiger partial charge in [0.2, 0.25) is 0 Å². The molecule has 0 radical (unpaired) electrons. The van der Waals surface area contributed by atoms with E-state index in [-0.39, 0.29) is 0 Å². The average Bonchev–Trinajstić information content (AvgIpc) is 3.17. The average molecular weight is 270 g/mol. The summed E-state index contributed by atoms with van der Waals surface area (Å²) >= 11 is 1.66. The Morgan fingerprint density at radius 2 is 2.26 bits per heavy atom. The third-order valence-electron chi connectivity index (χ3n) is 3.58. The number of aromatic nitrogens is 1. The zero-order valence-electron chi connectivity index (χ0n) is 10.4. The number of furan rings is 1. The maximum atomic E-state index is 5.86. The maximum Gasteiger partial charge on any atom is 0.164 e. The number of para-hydroxylation sites is 1. The van der Waals surface area contributed by atoms with Crippen molar-refractivity contribution in [3.8, 4) is 10.8 Å². The molecule has 4 heteroatoms. The number of hydrogen-bond acceptors (Lipinski definition) is 4. The quantitative estimate of drug-likeness (QED) is 0.765. The molecule has 0 aliphatic carbocycles. The monoisotopic (exact) mass is 270 g/mol. The lowest BCUT2D eigenvalue weighted by Gasteiger charge is -2.04. The molecule has 3 aromatic rings. The molecule has 1 unspecified atom stereocenters. The Labute approximate surface area is 115 Å². The largest absolute Gasteiger partial charge is 0.454 e. The molecule has 3 nitrogen and oxygen atoms in total. The molecule has 4 rings (SSSR count). The SMILES string of the molecule is c1ccc2oc(-c3nc(C4CCCN4)cs3)cc2c1. The molecule has 1 aromatic carbocycles. The molecule has 0 amide bonds. The van der Waals surface area contributed by atoms with E-state index in [1.54, 1.807) is 11.3 Å². The number of fused-ring (bicyclic) bond motifs is 1. The van der Waals surface area contributed by atoms with E-state index in [0.717, 1.165) is 34.0 Å². The number of nitrogens with one attached hydrogen (secondary N) is 1. The topological polar surface area (TPSA) is 38.1 Å². The van der Waals surface area contributed by atoms with Crippen molar-refractivity contribution < 1.29 is 4.42 Å². The zero-order valence-corrected chi connectivity index (χ0v) is 11.2. The molecule has 3 heterocycles. The molecule has 0 spiro atoms. The van der Waals surface area contributed by atoms with Crippen molar-refractivity contribution >= 4 is 22.3 Å².